The first-order valence-electron chi connectivity index (χ1n) is 6.70. The summed E-state index contributed by atoms with van der Waals surface area (Å²) in [5, 5.41) is 3.12. The monoisotopic (exact) mass is 315 g/mol. The number of hydrogen-bond donors (Lipinski definition) is 3. The van der Waals surface area contributed by atoms with E-state index in [-0.39, 0.29) is 6.04 Å². The van der Waals surface area contributed by atoms with Crippen LogP contribution in [0, 0.1) is 0 Å². The van der Waals surface area contributed by atoms with Gasteiger partial charge in [-0.1, -0.05) is 0 Å². The number of morpholine rings is 1. The fraction of sp³-hybridized carbons (Fsp3) is 0.727. The van der Waals surface area contributed by atoms with Gasteiger partial charge in [0.1, 0.15) is 0 Å². The lowest BCUT2D eigenvalue weighted by atomic mass is 10.4. The maximum atomic E-state index is 11.2. The summed E-state index contributed by atoms with van der Waals surface area (Å²) >= 11 is 0. The Bertz CT molecular complexity index is 495. The van der Waals surface area contributed by atoms with Crippen LogP contribution in [0.15, 0.2) is 0 Å². The molecule has 118 valence electrons. The second-order valence-corrected chi connectivity index (χ2v) is 6.29. The molecule has 21 heavy (non-hydrogen) atoms. The van der Waals surface area contributed by atoms with E-state index in [1.807, 2.05) is 11.8 Å². The van der Waals surface area contributed by atoms with Gasteiger partial charge in [-0.15, -0.1) is 0 Å². The fourth-order valence-corrected chi connectivity index (χ4v) is 2.80. The first kappa shape index (κ1) is 15.9. The van der Waals surface area contributed by atoms with E-state index in [2.05, 4.69) is 25.7 Å². The van der Waals surface area contributed by atoms with Gasteiger partial charge in [0.2, 0.25) is 17.8 Å². The maximum absolute atomic E-state index is 11.2. The molecule has 2 atom stereocenters. The molecule has 10 heteroatoms. The SMILES string of the molecule is CC(CS(C)=O)Nc1nc(NN)nc(N2CCOCC2)n1. The zero-order valence-electron chi connectivity index (χ0n) is 12.2. The molecule has 9 nitrogen and oxygen atoms in total. The van der Waals surface area contributed by atoms with E-state index in [0.717, 1.165) is 13.1 Å². The van der Waals surface area contributed by atoms with Gasteiger partial charge in [0.05, 0.1) is 13.2 Å². The van der Waals surface area contributed by atoms with Crippen molar-refractivity contribution in [3.05, 3.63) is 0 Å². The van der Waals surface area contributed by atoms with Crippen LogP contribution in [0.1, 0.15) is 6.92 Å². The van der Waals surface area contributed by atoms with Crippen molar-refractivity contribution in [2.75, 3.05) is 54.0 Å². The number of nitrogens with two attached hydrogens (primary N) is 1. The van der Waals surface area contributed by atoms with E-state index in [1.165, 1.54) is 0 Å². The first-order valence-corrected chi connectivity index (χ1v) is 8.43. The highest BCUT2D eigenvalue weighted by molar-refractivity contribution is 7.84. The van der Waals surface area contributed by atoms with Gasteiger partial charge >= 0.3 is 0 Å². The van der Waals surface area contributed by atoms with Crippen LogP contribution in [0.5, 0.6) is 0 Å². The first-order chi connectivity index (χ1) is 10.1. The highest BCUT2D eigenvalue weighted by atomic mass is 32.2. The van der Waals surface area contributed by atoms with E-state index < -0.39 is 10.8 Å². The second-order valence-electron chi connectivity index (χ2n) is 4.81. The van der Waals surface area contributed by atoms with Gasteiger partial charge in [-0.05, 0) is 6.92 Å². The number of hydrogen-bond acceptors (Lipinski definition) is 9. The molecule has 0 saturated carbocycles. The molecule has 2 unspecified atom stereocenters. The van der Waals surface area contributed by atoms with Crippen LogP contribution in [-0.2, 0) is 15.5 Å². The second kappa shape index (κ2) is 7.48. The molecule has 4 N–H and O–H groups in total. The largest absolute Gasteiger partial charge is 0.378 e. The van der Waals surface area contributed by atoms with Gasteiger partial charge in [-0.25, -0.2) is 5.84 Å². The normalized spacial score (nSPS) is 18.1. The van der Waals surface area contributed by atoms with E-state index >= 15 is 0 Å². The molecule has 0 amide bonds. The van der Waals surface area contributed by atoms with Gasteiger partial charge in [0.25, 0.3) is 0 Å². The third kappa shape index (κ3) is 4.76. The summed E-state index contributed by atoms with van der Waals surface area (Å²) in [6.45, 7) is 4.66. The molecule has 0 spiro atoms. The molecule has 0 bridgehead atoms. The Morgan fingerprint density at radius 1 is 1.33 bits per heavy atom. The molecule has 2 rings (SSSR count). The molecule has 1 saturated heterocycles. The third-order valence-corrected chi connectivity index (χ3v) is 3.88. The Balaban J connectivity index is 2.14. The van der Waals surface area contributed by atoms with Crippen molar-refractivity contribution in [3.63, 3.8) is 0 Å². The minimum absolute atomic E-state index is 0.0126. The van der Waals surface area contributed by atoms with Crippen molar-refractivity contribution >= 4 is 28.6 Å². The minimum atomic E-state index is -0.887. The van der Waals surface area contributed by atoms with Crippen LogP contribution in [0.4, 0.5) is 17.8 Å². The smallest absolute Gasteiger partial charge is 0.243 e. The van der Waals surface area contributed by atoms with Crippen LogP contribution in [-0.4, -0.2) is 63.5 Å². The molecular weight excluding hydrogens is 294 g/mol. The molecule has 0 aromatic carbocycles. The number of hydrazine groups is 1. The van der Waals surface area contributed by atoms with Crippen molar-refractivity contribution in [2.24, 2.45) is 5.84 Å². The maximum Gasteiger partial charge on any atom is 0.243 e. The highest BCUT2D eigenvalue weighted by Crippen LogP contribution is 2.15. The van der Waals surface area contributed by atoms with Crippen molar-refractivity contribution in [1.82, 2.24) is 15.0 Å². The number of ether oxygens (including phenoxy) is 1. The zero-order valence-corrected chi connectivity index (χ0v) is 13.0. The van der Waals surface area contributed by atoms with Gasteiger partial charge in [-0.3, -0.25) is 9.63 Å². The predicted molar refractivity (Wildman–Crippen MR) is 82.7 cm³/mol. The number of nitrogens with zero attached hydrogens (tertiary/aromatic N) is 4. The standard InChI is InChI=1S/C11H21N7O2S/c1-8(7-21(2)19)13-9-14-10(17-12)16-11(15-9)18-3-5-20-6-4-18/h8H,3-7,12H2,1-2H3,(H2,13,14,15,16,17). The molecule has 1 fully saturated rings. The predicted octanol–water partition coefficient (Wildman–Crippen LogP) is -0.827. The number of rotatable bonds is 6. The molecular formula is C11H21N7O2S. The van der Waals surface area contributed by atoms with Crippen molar-refractivity contribution < 1.29 is 8.95 Å². The number of aromatic nitrogens is 3. The fourth-order valence-electron chi connectivity index (χ4n) is 2.01. The summed E-state index contributed by atoms with van der Waals surface area (Å²) in [5.41, 5.74) is 2.44. The highest BCUT2D eigenvalue weighted by Gasteiger charge is 2.17. The molecule has 0 aliphatic carbocycles. The Kier molecular flexibility index (Phi) is 5.65. The van der Waals surface area contributed by atoms with Gasteiger partial charge in [-0.2, -0.15) is 15.0 Å². The van der Waals surface area contributed by atoms with E-state index in [0.29, 0.717) is 36.8 Å². The van der Waals surface area contributed by atoms with Crippen LogP contribution in [0.25, 0.3) is 0 Å². The quantitative estimate of drug-likeness (QED) is 0.456. The van der Waals surface area contributed by atoms with Crippen LogP contribution >= 0.6 is 0 Å². The Labute approximate surface area is 126 Å². The lowest BCUT2D eigenvalue weighted by Crippen LogP contribution is -2.38. The topological polar surface area (TPSA) is 118 Å². The molecule has 1 aliphatic rings. The van der Waals surface area contributed by atoms with Crippen LogP contribution in [0.2, 0.25) is 0 Å². The summed E-state index contributed by atoms with van der Waals surface area (Å²) in [4.78, 5) is 14.8. The number of nitrogens with one attached hydrogen (secondary N) is 2. The number of nitrogen functional groups attached to an aromatic ring is 1. The summed E-state index contributed by atoms with van der Waals surface area (Å²) in [6, 6.07) is -0.0126. The molecule has 2 heterocycles. The summed E-state index contributed by atoms with van der Waals surface area (Å²) in [5.74, 6) is 7.18. The van der Waals surface area contributed by atoms with E-state index in [1.54, 1.807) is 6.26 Å². The van der Waals surface area contributed by atoms with E-state index in [4.69, 9.17) is 10.6 Å². The molecule has 1 aromatic rings. The van der Waals surface area contributed by atoms with Crippen LogP contribution in [0.3, 0.4) is 0 Å². The van der Waals surface area contributed by atoms with Gasteiger partial charge in [0.15, 0.2) is 0 Å². The summed E-state index contributed by atoms with van der Waals surface area (Å²) < 4.78 is 16.6. The average Bonchev–Trinajstić information content (AvgIpc) is 2.46. The Morgan fingerprint density at radius 3 is 2.62 bits per heavy atom. The average molecular weight is 315 g/mol. The lowest BCUT2D eigenvalue weighted by Gasteiger charge is -2.27. The van der Waals surface area contributed by atoms with Crippen molar-refractivity contribution in [1.29, 1.82) is 0 Å². The summed E-state index contributed by atoms with van der Waals surface area (Å²) in [7, 11) is -0.887. The zero-order chi connectivity index (χ0) is 15.2. The minimum Gasteiger partial charge on any atom is -0.378 e. The van der Waals surface area contributed by atoms with E-state index in [9.17, 15) is 4.21 Å². The van der Waals surface area contributed by atoms with Gasteiger partial charge < -0.3 is 15.0 Å². The van der Waals surface area contributed by atoms with Crippen molar-refractivity contribution in [2.45, 2.75) is 13.0 Å². The molecule has 0 radical (unpaired) electrons. The Morgan fingerprint density at radius 2 is 2.00 bits per heavy atom. The molecule has 1 aliphatic heterocycles. The van der Waals surface area contributed by atoms with Crippen LogP contribution < -0.4 is 21.5 Å². The summed E-state index contributed by atoms with van der Waals surface area (Å²) in [6.07, 6.45) is 1.66. The van der Waals surface area contributed by atoms with Gasteiger partial charge in [0, 0.05) is 41.9 Å². The number of anilines is 3. The third-order valence-electron chi connectivity index (χ3n) is 2.91. The Hall–Kier alpha value is -1.52. The lowest BCUT2D eigenvalue weighted by molar-refractivity contribution is 0.122. The van der Waals surface area contributed by atoms with Crippen molar-refractivity contribution in [3.8, 4) is 0 Å². The molecule has 1 aromatic heterocycles.